The van der Waals surface area contributed by atoms with Crippen molar-refractivity contribution >= 4 is 33.2 Å². The first-order valence-electron chi connectivity index (χ1n) is 11.4. The van der Waals surface area contributed by atoms with Gasteiger partial charge in [-0.15, -0.1) is 0 Å². The summed E-state index contributed by atoms with van der Waals surface area (Å²) in [6.07, 6.45) is 4.43. The summed E-state index contributed by atoms with van der Waals surface area (Å²) in [6.45, 7) is 7.03. The number of carbonyl (C=O) groups excluding carboxylic acids is 2. The number of hydrogen-bond acceptors (Lipinski definition) is 4. The third-order valence-electron chi connectivity index (χ3n) is 6.13. The van der Waals surface area contributed by atoms with Gasteiger partial charge in [0.15, 0.2) is 0 Å². The van der Waals surface area contributed by atoms with Gasteiger partial charge in [0.1, 0.15) is 6.04 Å². The normalized spacial score (nSPS) is 15.1. The first-order chi connectivity index (χ1) is 15.6. The highest BCUT2D eigenvalue weighted by Gasteiger charge is 2.32. The molecule has 33 heavy (non-hydrogen) atoms. The Labute approximate surface area is 196 Å². The molecule has 2 amide bonds. The second-order valence-electron chi connectivity index (χ2n) is 8.64. The number of anilines is 2. The van der Waals surface area contributed by atoms with Crippen LogP contribution in [0.1, 0.15) is 54.1 Å². The zero-order valence-electron chi connectivity index (χ0n) is 19.8. The van der Waals surface area contributed by atoms with E-state index >= 15 is 0 Å². The Bertz CT molecular complexity index is 1120. The lowest BCUT2D eigenvalue weighted by atomic mass is 10.1. The van der Waals surface area contributed by atoms with Crippen LogP contribution in [0.3, 0.4) is 0 Å². The maximum Gasteiger partial charge on any atom is 0.255 e. The van der Waals surface area contributed by atoms with Crippen LogP contribution in [0, 0.1) is 13.8 Å². The predicted octanol–water partition coefficient (Wildman–Crippen LogP) is 4.11. The number of aryl methyl sites for hydroxylation is 2. The lowest BCUT2D eigenvalue weighted by molar-refractivity contribution is -0.117. The van der Waals surface area contributed by atoms with E-state index < -0.39 is 22.0 Å². The van der Waals surface area contributed by atoms with E-state index in [-0.39, 0.29) is 12.3 Å². The highest BCUT2D eigenvalue weighted by Crippen LogP contribution is 2.27. The summed E-state index contributed by atoms with van der Waals surface area (Å²) >= 11 is 0. The number of nitrogens with one attached hydrogen (secondary N) is 1. The van der Waals surface area contributed by atoms with E-state index in [1.54, 1.807) is 43.3 Å². The number of amides is 2. The van der Waals surface area contributed by atoms with E-state index in [2.05, 4.69) is 5.32 Å². The Kier molecular flexibility index (Phi) is 7.79. The second-order valence-corrected chi connectivity index (χ2v) is 10.5. The number of piperidine rings is 1. The van der Waals surface area contributed by atoms with Crippen molar-refractivity contribution in [2.24, 2.45) is 0 Å². The minimum absolute atomic E-state index is 0.118. The van der Waals surface area contributed by atoms with Crippen LogP contribution in [0.25, 0.3) is 0 Å². The zero-order chi connectivity index (χ0) is 24.2. The number of nitrogens with zero attached hydrogens (tertiary/aromatic N) is 2. The molecule has 2 aromatic carbocycles. The standard InChI is InChI=1S/C25H33N3O4S/c1-5-23(28(33(4,31)32)20-14-13-18(2)19(3)17-20)24(29)26-22-12-8-7-11-21(22)25(30)27-15-9-6-10-16-27/h7-8,11-14,17,23H,5-6,9-10,15-16H2,1-4H3,(H,26,29). The molecule has 0 radical (unpaired) electrons. The minimum Gasteiger partial charge on any atom is -0.339 e. The molecule has 8 heteroatoms. The molecule has 0 aromatic heterocycles. The van der Waals surface area contributed by atoms with Crippen molar-refractivity contribution in [3.8, 4) is 0 Å². The highest BCUT2D eigenvalue weighted by molar-refractivity contribution is 7.92. The van der Waals surface area contributed by atoms with Crippen LogP contribution in [0.2, 0.25) is 0 Å². The number of para-hydroxylation sites is 1. The zero-order valence-corrected chi connectivity index (χ0v) is 20.6. The fraction of sp³-hybridized carbons (Fsp3) is 0.440. The number of carbonyl (C=O) groups is 2. The SMILES string of the molecule is CCC(C(=O)Nc1ccccc1C(=O)N1CCCCC1)N(c1ccc(C)c(C)c1)S(C)(=O)=O. The van der Waals surface area contributed by atoms with Gasteiger partial charge in [-0.05, 0) is 74.9 Å². The Balaban J connectivity index is 1.91. The van der Waals surface area contributed by atoms with Gasteiger partial charge in [-0.3, -0.25) is 13.9 Å². The highest BCUT2D eigenvalue weighted by atomic mass is 32.2. The average Bonchev–Trinajstić information content (AvgIpc) is 2.79. The maximum absolute atomic E-state index is 13.4. The van der Waals surface area contributed by atoms with Crippen molar-refractivity contribution in [3.05, 3.63) is 59.2 Å². The molecule has 3 rings (SSSR count). The van der Waals surface area contributed by atoms with Gasteiger partial charge in [-0.1, -0.05) is 25.1 Å². The molecule has 7 nitrogen and oxygen atoms in total. The van der Waals surface area contributed by atoms with E-state index in [1.807, 2.05) is 24.8 Å². The van der Waals surface area contributed by atoms with E-state index in [9.17, 15) is 18.0 Å². The minimum atomic E-state index is -3.74. The maximum atomic E-state index is 13.4. The Hall–Kier alpha value is -2.87. The molecule has 0 aliphatic carbocycles. The first kappa shape index (κ1) is 24.8. The van der Waals surface area contributed by atoms with Crippen molar-refractivity contribution < 1.29 is 18.0 Å². The number of hydrogen-bond donors (Lipinski definition) is 1. The van der Waals surface area contributed by atoms with Crippen molar-refractivity contribution in [1.82, 2.24) is 4.90 Å². The third kappa shape index (κ3) is 5.74. The van der Waals surface area contributed by atoms with Crippen LogP contribution in [-0.2, 0) is 14.8 Å². The van der Waals surface area contributed by atoms with Crippen LogP contribution < -0.4 is 9.62 Å². The predicted molar refractivity (Wildman–Crippen MR) is 132 cm³/mol. The molecule has 1 N–H and O–H groups in total. The van der Waals surface area contributed by atoms with Crippen LogP contribution in [0.15, 0.2) is 42.5 Å². The van der Waals surface area contributed by atoms with Gasteiger partial charge < -0.3 is 10.2 Å². The summed E-state index contributed by atoms with van der Waals surface area (Å²) < 4.78 is 26.7. The van der Waals surface area contributed by atoms with Crippen LogP contribution >= 0.6 is 0 Å². The molecular formula is C25H33N3O4S. The molecule has 1 atom stereocenters. The molecule has 0 spiro atoms. The van der Waals surface area contributed by atoms with Crippen LogP contribution in [0.4, 0.5) is 11.4 Å². The number of likely N-dealkylation sites (tertiary alicyclic amines) is 1. The van der Waals surface area contributed by atoms with Crippen LogP contribution in [0.5, 0.6) is 0 Å². The molecule has 0 bridgehead atoms. The number of benzene rings is 2. The van der Waals surface area contributed by atoms with Gasteiger partial charge in [0.25, 0.3) is 5.91 Å². The van der Waals surface area contributed by atoms with Crippen molar-refractivity contribution in [2.45, 2.75) is 52.5 Å². The molecule has 1 saturated heterocycles. The van der Waals surface area contributed by atoms with E-state index in [1.165, 1.54) is 4.31 Å². The molecule has 0 saturated carbocycles. The average molecular weight is 472 g/mol. The van der Waals surface area contributed by atoms with Gasteiger partial charge in [0, 0.05) is 13.1 Å². The summed E-state index contributed by atoms with van der Waals surface area (Å²) in [5.74, 6) is -0.590. The van der Waals surface area contributed by atoms with Gasteiger partial charge in [0.2, 0.25) is 15.9 Å². The topological polar surface area (TPSA) is 86.8 Å². The largest absolute Gasteiger partial charge is 0.339 e. The van der Waals surface area contributed by atoms with Crippen LogP contribution in [-0.4, -0.2) is 50.5 Å². The van der Waals surface area contributed by atoms with Gasteiger partial charge in [-0.25, -0.2) is 8.42 Å². The second kappa shape index (κ2) is 10.4. The molecule has 2 aromatic rings. The van der Waals surface area contributed by atoms with Gasteiger partial charge in [0.05, 0.1) is 23.2 Å². The molecular weight excluding hydrogens is 438 g/mol. The van der Waals surface area contributed by atoms with Crippen molar-refractivity contribution in [2.75, 3.05) is 29.0 Å². The molecule has 1 fully saturated rings. The van der Waals surface area contributed by atoms with Crippen molar-refractivity contribution in [1.29, 1.82) is 0 Å². The van der Waals surface area contributed by atoms with Gasteiger partial charge >= 0.3 is 0 Å². The summed E-state index contributed by atoms with van der Waals surface area (Å²) in [5, 5.41) is 2.84. The Morgan fingerprint density at radius 3 is 2.30 bits per heavy atom. The smallest absolute Gasteiger partial charge is 0.255 e. The fourth-order valence-corrected chi connectivity index (χ4v) is 5.39. The monoisotopic (exact) mass is 471 g/mol. The van der Waals surface area contributed by atoms with Crippen molar-refractivity contribution in [3.63, 3.8) is 0 Å². The quantitative estimate of drug-likeness (QED) is 0.658. The molecule has 1 aliphatic heterocycles. The van der Waals surface area contributed by atoms with Gasteiger partial charge in [-0.2, -0.15) is 0 Å². The van der Waals surface area contributed by atoms with E-state index in [0.29, 0.717) is 30.0 Å². The lowest BCUT2D eigenvalue weighted by Crippen LogP contribution is -2.47. The Morgan fingerprint density at radius 1 is 1.03 bits per heavy atom. The number of sulfonamides is 1. The lowest BCUT2D eigenvalue weighted by Gasteiger charge is -2.31. The van der Waals surface area contributed by atoms with E-state index in [0.717, 1.165) is 36.6 Å². The fourth-order valence-electron chi connectivity index (χ4n) is 4.18. The molecule has 1 unspecified atom stereocenters. The Morgan fingerprint density at radius 2 is 1.70 bits per heavy atom. The number of rotatable bonds is 7. The molecule has 1 heterocycles. The molecule has 178 valence electrons. The summed E-state index contributed by atoms with van der Waals surface area (Å²) in [4.78, 5) is 28.3. The molecule has 1 aliphatic rings. The van der Waals surface area contributed by atoms with E-state index in [4.69, 9.17) is 0 Å². The third-order valence-corrected chi connectivity index (χ3v) is 7.31. The first-order valence-corrected chi connectivity index (χ1v) is 13.2. The summed E-state index contributed by atoms with van der Waals surface area (Å²) in [7, 11) is -3.74. The summed E-state index contributed by atoms with van der Waals surface area (Å²) in [6, 6.07) is 11.3. The summed E-state index contributed by atoms with van der Waals surface area (Å²) in [5.41, 5.74) is 3.23.